The number of hydrogen-bond acceptors (Lipinski definition) is 3. The maximum Gasteiger partial charge on any atom is 0.345 e. The largest absolute Gasteiger partial charge is 0.345 e. The molecule has 1 atom stereocenters. The zero-order chi connectivity index (χ0) is 17.9. The molecule has 0 saturated carbocycles. The molecule has 0 bridgehead atoms. The second-order valence-electron chi connectivity index (χ2n) is 6.69. The highest BCUT2D eigenvalue weighted by Gasteiger charge is 2.18. The molecular weight excluding hydrogens is 300 g/mol. The van der Waals surface area contributed by atoms with Crippen LogP contribution in [0.5, 0.6) is 0 Å². The fourth-order valence-corrected chi connectivity index (χ4v) is 2.92. The third-order valence-corrected chi connectivity index (χ3v) is 4.56. The minimum Gasteiger partial charge on any atom is -0.298 e. The maximum atomic E-state index is 11.6. The Hall–Kier alpha value is -0.830. The summed E-state index contributed by atoms with van der Waals surface area (Å²) in [6, 6.07) is 0. The summed E-state index contributed by atoms with van der Waals surface area (Å²) in [4.78, 5) is 20.7. The van der Waals surface area contributed by atoms with E-state index in [-0.39, 0.29) is 11.9 Å². The third kappa shape index (κ3) is 14.7. The topological polar surface area (TPSA) is 35.5 Å². The first kappa shape index (κ1) is 23.2. The van der Waals surface area contributed by atoms with E-state index in [1.54, 1.807) is 0 Å². The molecule has 0 aromatic carbocycles. The average Bonchev–Trinajstić information content (AvgIpc) is 2.58. The second kappa shape index (κ2) is 18.5. The Kier molecular flexibility index (Phi) is 17.9. The molecule has 24 heavy (non-hydrogen) atoms. The summed E-state index contributed by atoms with van der Waals surface area (Å²) in [7, 11) is 1.38. The van der Waals surface area contributed by atoms with Crippen LogP contribution in [0.25, 0.3) is 0 Å². The van der Waals surface area contributed by atoms with Crippen molar-refractivity contribution >= 4 is 5.97 Å². The van der Waals surface area contributed by atoms with Gasteiger partial charge in [0.2, 0.25) is 0 Å². The first-order valence-electron chi connectivity index (χ1n) is 10.2. The number of allylic oxidation sites excluding steroid dienone is 2. The molecule has 0 saturated heterocycles. The van der Waals surface area contributed by atoms with Crippen LogP contribution in [-0.4, -0.2) is 13.1 Å². The van der Waals surface area contributed by atoms with E-state index in [0.29, 0.717) is 0 Å². The fraction of sp³-hybridized carbons (Fsp3) is 0.857. The van der Waals surface area contributed by atoms with Crippen LogP contribution in [-0.2, 0) is 14.6 Å². The molecule has 0 fully saturated rings. The van der Waals surface area contributed by atoms with Crippen molar-refractivity contribution in [3.8, 4) is 0 Å². The van der Waals surface area contributed by atoms with Crippen molar-refractivity contribution in [2.45, 2.75) is 104 Å². The van der Waals surface area contributed by atoms with Crippen LogP contribution < -0.4 is 0 Å². The molecule has 0 aliphatic rings. The van der Waals surface area contributed by atoms with Crippen LogP contribution in [0.3, 0.4) is 0 Å². The molecule has 0 N–H and O–H groups in total. The normalized spacial score (nSPS) is 12.6. The number of rotatable bonds is 17. The molecule has 3 nitrogen and oxygen atoms in total. The maximum absolute atomic E-state index is 11.6. The first-order chi connectivity index (χ1) is 11.8. The van der Waals surface area contributed by atoms with Gasteiger partial charge in [-0.15, -0.1) is 0 Å². The van der Waals surface area contributed by atoms with Crippen LogP contribution in [0.1, 0.15) is 104 Å². The van der Waals surface area contributed by atoms with Gasteiger partial charge in [-0.05, 0) is 38.5 Å². The molecule has 0 aliphatic carbocycles. The first-order valence-corrected chi connectivity index (χ1v) is 10.2. The smallest absolute Gasteiger partial charge is 0.298 e. The van der Waals surface area contributed by atoms with E-state index in [9.17, 15) is 4.79 Å². The summed E-state index contributed by atoms with van der Waals surface area (Å²) in [5, 5.41) is 0. The highest BCUT2D eigenvalue weighted by atomic mass is 17.2. The Balaban J connectivity index is 3.37. The lowest BCUT2D eigenvalue weighted by atomic mass is 9.98. The van der Waals surface area contributed by atoms with Crippen molar-refractivity contribution in [3.63, 3.8) is 0 Å². The molecule has 0 heterocycles. The monoisotopic (exact) mass is 340 g/mol. The van der Waals surface area contributed by atoms with Crippen LogP contribution in [0.4, 0.5) is 0 Å². The minimum absolute atomic E-state index is 0.0119. The quantitative estimate of drug-likeness (QED) is 0.127. The van der Waals surface area contributed by atoms with E-state index in [1.165, 1.54) is 77.7 Å². The van der Waals surface area contributed by atoms with Crippen molar-refractivity contribution < 1.29 is 14.6 Å². The van der Waals surface area contributed by atoms with Gasteiger partial charge < -0.3 is 0 Å². The number of carbonyl (C=O) groups is 1. The second-order valence-corrected chi connectivity index (χ2v) is 6.69. The summed E-state index contributed by atoms with van der Waals surface area (Å²) in [5.74, 6) is -0.236. The van der Waals surface area contributed by atoms with E-state index in [2.05, 4.69) is 28.9 Å². The highest BCUT2D eigenvalue weighted by molar-refractivity contribution is 5.71. The Morgan fingerprint density at radius 2 is 1.38 bits per heavy atom. The predicted molar refractivity (Wildman–Crippen MR) is 102 cm³/mol. The van der Waals surface area contributed by atoms with Gasteiger partial charge in [0.25, 0.3) is 0 Å². The molecule has 0 aromatic rings. The summed E-state index contributed by atoms with van der Waals surface area (Å²) in [6.45, 7) is 4.29. The molecule has 0 radical (unpaired) electrons. The molecule has 0 aromatic heterocycles. The van der Waals surface area contributed by atoms with Crippen LogP contribution >= 0.6 is 0 Å². The van der Waals surface area contributed by atoms with Gasteiger partial charge in [0.15, 0.2) is 0 Å². The van der Waals surface area contributed by atoms with Gasteiger partial charge >= 0.3 is 5.97 Å². The van der Waals surface area contributed by atoms with E-state index in [4.69, 9.17) is 0 Å². The third-order valence-electron chi connectivity index (χ3n) is 4.56. The molecule has 142 valence electrons. The molecule has 0 spiro atoms. The van der Waals surface area contributed by atoms with Crippen LogP contribution in [0, 0.1) is 5.92 Å². The highest BCUT2D eigenvalue weighted by Crippen LogP contribution is 2.16. The Morgan fingerprint density at radius 1 is 0.833 bits per heavy atom. The average molecular weight is 341 g/mol. The van der Waals surface area contributed by atoms with Crippen molar-refractivity contribution in [2.75, 3.05) is 7.11 Å². The van der Waals surface area contributed by atoms with Gasteiger partial charge in [0.05, 0.1) is 13.0 Å². The van der Waals surface area contributed by atoms with Gasteiger partial charge in [-0.25, -0.2) is 4.79 Å². The van der Waals surface area contributed by atoms with Gasteiger partial charge in [-0.3, -0.25) is 4.89 Å². The van der Waals surface area contributed by atoms with Gasteiger partial charge in [-0.2, -0.15) is 4.89 Å². The zero-order valence-electron chi connectivity index (χ0n) is 16.4. The lowest BCUT2D eigenvalue weighted by Gasteiger charge is -2.11. The van der Waals surface area contributed by atoms with Crippen molar-refractivity contribution in [2.24, 2.45) is 5.92 Å². The van der Waals surface area contributed by atoms with Gasteiger partial charge in [-0.1, -0.05) is 77.4 Å². The number of carbonyl (C=O) groups excluding carboxylic acids is 1. The van der Waals surface area contributed by atoms with E-state index < -0.39 is 0 Å². The Morgan fingerprint density at radius 3 is 1.92 bits per heavy atom. The van der Waals surface area contributed by atoms with Gasteiger partial charge in [0.1, 0.15) is 0 Å². The molecule has 0 rings (SSSR count). The van der Waals surface area contributed by atoms with E-state index in [1.807, 2.05) is 6.92 Å². The lowest BCUT2D eigenvalue weighted by Crippen LogP contribution is -2.16. The molecule has 0 amide bonds. The standard InChI is InChI=1S/C21H40O3/c1-4-6-7-8-9-10-11-12-13-14-15-16-17-18-19-20(5-2)21(22)24-23-3/h12-13,20H,4-11,14-19H2,1-3H3/b13-12-. The number of unbranched alkanes of at least 4 members (excludes halogenated alkanes) is 10. The van der Waals surface area contributed by atoms with Crippen molar-refractivity contribution in [1.29, 1.82) is 0 Å². The lowest BCUT2D eigenvalue weighted by molar-refractivity contribution is -0.259. The molecule has 1 unspecified atom stereocenters. The Labute approximate surface area is 150 Å². The minimum atomic E-state index is -0.224. The predicted octanol–water partition coefficient (Wildman–Crippen LogP) is 6.76. The summed E-state index contributed by atoms with van der Waals surface area (Å²) >= 11 is 0. The van der Waals surface area contributed by atoms with Gasteiger partial charge in [0, 0.05) is 0 Å². The molecule has 0 aliphatic heterocycles. The van der Waals surface area contributed by atoms with E-state index >= 15 is 0 Å². The van der Waals surface area contributed by atoms with Crippen LogP contribution in [0.15, 0.2) is 12.2 Å². The SMILES string of the molecule is CCCCCCCC/C=C\CCCCCCC(CC)C(=O)OOC. The zero-order valence-corrected chi connectivity index (χ0v) is 16.4. The molecule has 3 heteroatoms. The summed E-state index contributed by atoms with van der Waals surface area (Å²) in [6.07, 6.45) is 21.9. The Bertz CT molecular complexity index is 299. The molecular formula is C21H40O3. The fourth-order valence-electron chi connectivity index (χ4n) is 2.92. The number of hydrogen-bond donors (Lipinski definition) is 0. The van der Waals surface area contributed by atoms with Crippen molar-refractivity contribution in [3.05, 3.63) is 12.2 Å². The van der Waals surface area contributed by atoms with Crippen LogP contribution in [0.2, 0.25) is 0 Å². The summed E-state index contributed by atoms with van der Waals surface area (Å²) in [5.41, 5.74) is 0. The van der Waals surface area contributed by atoms with Crippen molar-refractivity contribution in [1.82, 2.24) is 0 Å². The van der Waals surface area contributed by atoms with E-state index in [0.717, 1.165) is 19.3 Å². The summed E-state index contributed by atoms with van der Waals surface area (Å²) < 4.78 is 0.